The Hall–Kier alpha value is -1.10. The lowest BCUT2D eigenvalue weighted by atomic mass is 9.68. The van der Waals surface area contributed by atoms with E-state index in [0.29, 0.717) is 30.0 Å². The molecule has 4 aliphatic rings. The molecule has 24 heavy (non-hydrogen) atoms. The standard InChI is InChI=1S/C20H28N2O2/c1-3-11(10-23)12-8-14-18-20(9-15(21-14)17(12)19(20)24)13-6-4-5-7-16(13)22(18)2/h4-7,11-12,14-15,17-19,21,23-24H,3,8-10H2,1-2H3/t11-,12-,14-,15-,17-,18-,19+,20?/m0/s1. The SMILES string of the molecule is CC[C@@H](CO)[C@@H]1C[C@@H]2N[C@H]3CC4(c5ccccc5N(C)[C@@H]24)[C@H](O)[C@@H]13. The van der Waals surface area contributed by atoms with Gasteiger partial charge in [0.15, 0.2) is 0 Å². The molecule has 3 fully saturated rings. The molecule has 1 spiro atoms. The summed E-state index contributed by atoms with van der Waals surface area (Å²) in [5.41, 5.74) is 2.52. The lowest BCUT2D eigenvalue weighted by molar-refractivity contribution is 0.0178. The van der Waals surface area contributed by atoms with Crippen molar-refractivity contribution in [1.82, 2.24) is 5.32 Å². The van der Waals surface area contributed by atoms with Crippen molar-refractivity contribution in [2.75, 3.05) is 18.6 Å². The van der Waals surface area contributed by atoms with Crippen molar-refractivity contribution < 1.29 is 10.2 Å². The number of para-hydroxylation sites is 1. The van der Waals surface area contributed by atoms with Crippen LogP contribution < -0.4 is 10.2 Å². The van der Waals surface area contributed by atoms with Crippen LogP contribution in [-0.4, -0.2) is 48.1 Å². The van der Waals surface area contributed by atoms with Crippen molar-refractivity contribution in [3.8, 4) is 0 Å². The van der Waals surface area contributed by atoms with Gasteiger partial charge in [0.2, 0.25) is 0 Å². The van der Waals surface area contributed by atoms with E-state index in [-0.39, 0.29) is 24.0 Å². The number of nitrogens with zero attached hydrogens (tertiary/aromatic N) is 1. The van der Waals surface area contributed by atoms with Crippen LogP contribution in [0.4, 0.5) is 5.69 Å². The van der Waals surface area contributed by atoms with Gasteiger partial charge in [-0.1, -0.05) is 31.5 Å². The minimum Gasteiger partial charge on any atom is -0.396 e. The van der Waals surface area contributed by atoms with Crippen LogP contribution in [0.5, 0.6) is 0 Å². The van der Waals surface area contributed by atoms with E-state index in [1.165, 1.54) is 11.3 Å². The molecule has 3 heterocycles. The van der Waals surface area contributed by atoms with Gasteiger partial charge in [0.25, 0.3) is 0 Å². The smallest absolute Gasteiger partial charge is 0.0704 e. The molecular weight excluding hydrogens is 300 g/mol. The summed E-state index contributed by atoms with van der Waals surface area (Å²) in [7, 11) is 2.19. The molecule has 5 rings (SSSR count). The van der Waals surface area contributed by atoms with Crippen LogP contribution >= 0.6 is 0 Å². The second-order valence-electron chi connectivity index (χ2n) is 8.47. The number of piperidine rings is 2. The number of likely N-dealkylation sites (N-methyl/N-ethyl adjacent to an activating group) is 1. The van der Waals surface area contributed by atoms with Gasteiger partial charge < -0.3 is 20.4 Å². The number of benzene rings is 1. The van der Waals surface area contributed by atoms with E-state index in [4.69, 9.17) is 0 Å². The van der Waals surface area contributed by atoms with Crippen LogP contribution in [0, 0.1) is 17.8 Å². The number of aliphatic hydroxyl groups excluding tert-OH is 2. The third-order valence-electron chi connectivity index (χ3n) is 7.84. The Balaban J connectivity index is 1.66. The summed E-state index contributed by atoms with van der Waals surface area (Å²) in [6.07, 6.45) is 2.78. The van der Waals surface area contributed by atoms with Gasteiger partial charge in [-0.2, -0.15) is 0 Å². The van der Waals surface area contributed by atoms with Crippen LogP contribution in [0.25, 0.3) is 0 Å². The maximum atomic E-state index is 11.6. The second kappa shape index (κ2) is 4.96. The summed E-state index contributed by atoms with van der Waals surface area (Å²) in [4.78, 5) is 2.41. The summed E-state index contributed by atoms with van der Waals surface area (Å²) in [5, 5.41) is 25.3. The Bertz CT molecular complexity index is 661. The Morgan fingerprint density at radius 3 is 2.88 bits per heavy atom. The monoisotopic (exact) mass is 328 g/mol. The first-order valence-electron chi connectivity index (χ1n) is 9.50. The maximum Gasteiger partial charge on any atom is 0.0704 e. The van der Waals surface area contributed by atoms with E-state index in [1.54, 1.807) is 0 Å². The van der Waals surface area contributed by atoms with Crippen LogP contribution in [0.1, 0.15) is 31.7 Å². The van der Waals surface area contributed by atoms with Crippen molar-refractivity contribution in [1.29, 1.82) is 0 Å². The maximum absolute atomic E-state index is 11.6. The second-order valence-corrected chi connectivity index (χ2v) is 8.47. The Kier molecular flexibility index (Phi) is 3.14. The number of fused-ring (bicyclic) bond motifs is 3. The van der Waals surface area contributed by atoms with Crippen LogP contribution in [0.15, 0.2) is 24.3 Å². The summed E-state index contributed by atoms with van der Waals surface area (Å²) in [5.74, 6) is 1.01. The highest BCUT2D eigenvalue weighted by Gasteiger charge is 2.70. The van der Waals surface area contributed by atoms with E-state index < -0.39 is 0 Å². The van der Waals surface area contributed by atoms with Crippen LogP contribution in [-0.2, 0) is 5.41 Å². The molecule has 0 amide bonds. The third kappa shape index (κ3) is 1.56. The molecule has 3 aliphatic heterocycles. The van der Waals surface area contributed by atoms with Crippen molar-refractivity contribution in [3.63, 3.8) is 0 Å². The molecule has 8 atom stereocenters. The highest BCUT2D eigenvalue weighted by molar-refractivity contribution is 5.67. The van der Waals surface area contributed by atoms with Crippen molar-refractivity contribution >= 4 is 5.69 Å². The molecular formula is C20H28N2O2. The van der Waals surface area contributed by atoms with Gasteiger partial charge in [0, 0.05) is 42.8 Å². The highest BCUT2D eigenvalue weighted by Crippen LogP contribution is 2.63. The molecule has 2 saturated heterocycles. The van der Waals surface area contributed by atoms with Gasteiger partial charge in [-0.25, -0.2) is 0 Å². The first kappa shape index (κ1) is 15.2. The molecule has 3 bridgehead atoms. The molecule has 4 heteroatoms. The summed E-state index contributed by atoms with van der Waals surface area (Å²) in [6.45, 7) is 2.41. The molecule has 0 aromatic heterocycles. The molecule has 1 aliphatic carbocycles. The summed E-state index contributed by atoms with van der Waals surface area (Å²) >= 11 is 0. The fraction of sp³-hybridized carbons (Fsp3) is 0.700. The molecule has 1 aromatic rings. The number of rotatable bonds is 3. The largest absolute Gasteiger partial charge is 0.396 e. The lowest BCUT2D eigenvalue weighted by Gasteiger charge is -2.49. The Morgan fingerprint density at radius 1 is 1.33 bits per heavy atom. The fourth-order valence-corrected chi connectivity index (χ4v) is 7.00. The molecule has 1 aromatic carbocycles. The number of hydrogen-bond donors (Lipinski definition) is 3. The average Bonchev–Trinajstić information content (AvgIpc) is 2.96. The van der Waals surface area contributed by atoms with Gasteiger partial charge in [-0.15, -0.1) is 0 Å². The quantitative estimate of drug-likeness (QED) is 0.787. The molecule has 4 nitrogen and oxygen atoms in total. The van der Waals surface area contributed by atoms with Gasteiger partial charge in [0.1, 0.15) is 0 Å². The molecule has 1 unspecified atom stereocenters. The summed E-state index contributed by atoms with van der Waals surface area (Å²) in [6, 6.07) is 9.78. The van der Waals surface area contributed by atoms with E-state index >= 15 is 0 Å². The van der Waals surface area contributed by atoms with E-state index in [0.717, 1.165) is 19.3 Å². The number of nitrogens with one attached hydrogen (secondary N) is 1. The van der Waals surface area contributed by atoms with E-state index in [2.05, 4.69) is 48.5 Å². The minimum atomic E-state index is -0.316. The highest BCUT2D eigenvalue weighted by atomic mass is 16.3. The Labute approximate surface area is 143 Å². The van der Waals surface area contributed by atoms with E-state index in [9.17, 15) is 10.2 Å². The van der Waals surface area contributed by atoms with Crippen molar-refractivity contribution in [2.45, 2.75) is 55.8 Å². The Morgan fingerprint density at radius 2 is 2.12 bits per heavy atom. The average molecular weight is 328 g/mol. The molecule has 0 radical (unpaired) electrons. The zero-order valence-electron chi connectivity index (χ0n) is 14.5. The first-order valence-corrected chi connectivity index (χ1v) is 9.50. The molecule has 3 N–H and O–H groups in total. The van der Waals surface area contributed by atoms with Crippen LogP contribution in [0.2, 0.25) is 0 Å². The lowest BCUT2D eigenvalue weighted by Crippen LogP contribution is -2.64. The summed E-state index contributed by atoms with van der Waals surface area (Å²) < 4.78 is 0. The van der Waals surface area contributed by atoms with Crippen molar-refractivity contribution in [2.24, 2.45) is 17.8 Å². The fourth-order valence-electron chi connectivity index (χ4n) is 7.00. The van der Waals surface area contributed by atoms with Gasteiger partial charge in [0.05, 0.1) is 12.1 Å². The number of hydrogen-bond acceptors (Lipinski definition) is 4. The van der Waals surface area contributed by atoms with Gasteiger partial charge in [-0.05, 0) is 36.3 Å². The predicted molar refractivity (Wildman–Crippen MR) is 94.1 cm³/mol. The topological polar surface area (TPSA) is 55.7 Å². The first-order chi connectivity index (χ1) is 11.6. The third-order valence-corrected chi connectivity index (χ3v) is 7.84. The number of aliphatic hydroxyl groups is 2. The zero-order chi connectivity index (χ0) is 16.6. The molecule has 130 valence electrons. The normalized spacial score (nSPS) is 46.1. The van der Waals surface area contributed by atoms with Gasteiger partial charge in [-0.3, -0.25) is 0 Å². The zero-order valence-corrected chi connectivity index (χ0v) is 14.5. The predicted octanol–water partition coefficient (Wildman–Crippen LogP) is 1.50. The number of anilines is 1. The van der Waals surface area contributed by atoms with Crippen LogP contribution in [0.3, 0.4) is 0 Å². The minimum absolute atomic E-state index is 0.126. The van der Waals surface area contributed by atoms with E-state index in [1.807, 2.05) is 0 Å². The van der Waals surface area contributed by atoms with Gasteiger partial charge >= 0.3 is 0 Å². The molecule has 1 saturated carbocycles. The van der Waals surface area contributed by atoms with Crippen molar-refractivity contribution in [3.05, 3.63) is 29.8 Å².